The zero-order chi connectivity index (χ0) is 9.14. The Morgan fingerprint density at radius 3 is 2.75 bits per heavy atom. The van der Waals surface area contributed by atoms with Crippen molar-refractivity contribution < 1.29 is 5.11 Å². The third-order valence-corrected chi connectivity index (χ3v) is 2.13. The van der Waals surface area contributed by atoms with Gasteiger partial charge in [0.15, 0.2) is 0 Å². The first-order valence-corrected chi connectivity index (χ1v) is 4.08. The van der Waals surface area contributed by atoms with Crippen molar-refractivity contribution in [3.05, 3.63) is 28.0 Å². The van der Waals surface area contributed by atoms with Crippen LogP contribution < -0.4 is 5.73 Å². The maximum absolute atomic E-state index is 8.72. The summed E-state index contributed by atoms with van der Waals surface area (Å²) in [6.07, 6.45) is 1.50. The highest BCUT2D eigenvalue weighted by atomic mass is 35.5. The first-order chi connectivity index (χ1) is 5.65. The highest BCUT2D eigenvalue weighted by Gasteiger charge is 2.07. The van der Waals surface area contributed by atoms with Crippen molar-refractivity contribution in [3.8, 4) is 0 Å². The first-order valence-electron chi connectivity index (χ1n) is 3.32. The van der Waals surface area contributed by atoms with Gasteiger partial charge in [-0.1, -0.05) is 23.2 Å². The van der Waals surface area contributed by atoms with Gasteiger partial charge in [-0.25, -0.2) is 4.98 Å². The third kappa shape index (κ3) is 2.08. The van der Waals surface area contributed by atoms with E-state index in [1.807, 2.05) is 0 Å². The molecule has 0 saturated heterocycles. The highest BCUT2D eigenvalue weighted by molar-refractivity contribution is 6.41. The molecule has 66 valence electrons. The Kier molecular flexibility index (Phi) is 3.29. The lowest BCUT2D eigenvalue weighted by Crippen LogP contribution is -2.14. The van der Waals surface area contributed by atoms with Crippen LogP contribution in [0.25, 0.3) is 0 Å². The second-order valence-electron chi connectivity index (χ2n) is 2.33. The van der Waals surface area contributed by atoms with Gasteiger partial charge in [-0.2, -0.15) is 0 Å². The molecule has 0 aromatic carbocycles. The summed E-state index contributed by atoms with van der Waals surface area (Å²) in [7, 11) is 0. The Hall–Kier alpha value is -0.350. The molecule has 1 aromatic rings. The van der Waals surface area contributed by atoms with E-state index < -0.39 is 6.04 Å². The van der Waals surface area contributed by atoms with Crippen LogP contribution >= 0.6 is 23.2 Å². The van der Waals surface area contributed by atoms with Crippen molar-refractivity contribution in [2.24, 2.45) is 5.73 Å². The monoisotopic (exact) mass is 206 g/mol. The van der Waals surface area contributed by atoms with E-state index in [-0.39, 0.29) is 11.8 Å². The molecule has 0 aliphatic carbocycles. The van der Waals surface area contributed by atoms with Crippen LogP contribution in [0.15, 0.2) is 12.3 Å². The smallest absolute Gasteiger partial charge is 0.147 e. The summed E-state index contributed by atoms with van der Waals surface area (Å²) in [6.45, 7) is -0.139. The molecule has 12 heavy (non-hydrogen) atoms. The van der Waals surface area contributed by atoms with Crippen LogP contribution in [0.4, 0.5) is 0 Å². The lowest BCUT2D eigenvalue weighted by Gasteiger charge is -2.07. The fraction of sp³-hybridized carbons (Fsp3) is 0.286. The second kappa shape index (κ2) is 4.05. The number of aromatic nitrogens is 1. The maximum atomic E-state index is 8.72. The van der Waals surface area contributed by atoms with E-state index >= 15 is 0 Å². The average molecular weight is 207 g/mol. The van der Waals surface area contributed by atoms with Gasteiger partial charge >= 0.3 is 0 Å². The molecule has 0 unspecified atom stereocenters. The van der Waals surface area contributed by atoms with Crippen LogP contribution in [0.2, 0.25) is 10.2 Å². The highest BCUT2D eigenvalue weighted by Crippen LogP contribution is 2.21. The number of aliphatic hydroxyl groups is 1. The molecule has 1 atom stereocenters. The zero-order valence-corrected chi connectivity index (χ0v) is 7.68. The van der Waals surface area contributed by atoms with Gasteiger partial charge in [0.1, 0.15) is 5.15 Å². The number of halogens is 2. The number of nitrogens with two attached hydrogens (primary N) is 1. The molecule has 0 aliphatic rings. The van der Waals surface area contributed by atoms with E-state index in [4.69, 9.17) is 34.0 Å². The van der Waals surface area contributed by atoms with E-state index in [9.17, 15) is 0 Å². The largest absolute Gasteiger partial charge is 0.394 e. The molecule has 3 nitrogen and oxygen atoms in total. The molecule has 3 N–H and O–H groups in total. The Morgan fingerprint density at radius 2 is 2.25 bits per heavy atom. The van der Waals surface area contributed by atoms with E-state index in [0.29, 0.717) is 10.6 Å². The number of hydrogen-bond donors (Lipinski definition) is 2. The van der Waals surface area contributed by atoms with Gasteiger partial charge in [0.25, 0.3) is 0 Å². The SMILES string of the molecule is N[C@H](CO)c1cnc(Cl)c(Cl)c1. The Bertz CT molecular complexity index is 280. The number of aliphatic hydroxyl groups excluding tert-OH is 1. The fourth-order valence-electron chi connectivity index (χ4n) is 0.744. The molecule has 0 saturated carbocycles. The van der Waals surface area contributed by atoms with Gasteiger partial charge in [0.05, 0.1) is 17.7 Å². The minimum atomic E-state index is -0.452. The Morgan fingerprint density at radius 1 is 1.58 bits per heavy atom. The average Bonchev–Trinajstić information content (AvgIpc) is 2.08. The summed E-state index contributed by atoms with van der Waals surface area (Å²) in [5.74, 6) is 0. The number of hydrogen-bond acceptors (Lipinski definition) is 3. The first kappa shape index (κ1) is 9.74. The van der Waals surface area contributed by atoms with Crippen LogP contribution in [0.5, 0.6) is 0 Å². The second-order valence-corrected chi connectivity index (χ2v) is 3.10. The molecule has 1 rings (SSSR count). The van der Waals surface area contributed by atoms with Crippen LogP contribution in [-0.4, -0.2) is 16.7 Å². The predicted molar refractivity (Wildman–Crippen MR) is 48.3 cm³/mol. The van der Waals surface area contributed by atoms with E-state index in [0.717, 1.165) is 0 Å². The summed E-state index contributed by atoms with van der Waals surface area (Å²) in [5.41, 5.74) is 6.19. The fourth-order valence-corrected chi connectivity index (χ4v) is 1.02. The number of nitrogens with zero attached hydrogens (tertiary/aromatic N) is 1. The van der Waals surface area contributed by atoms with Crippen molar-refractivity contribution >= 4 is 23.2 Å². The zero-order valence-electron chi connectivity index (χ0n) is 6.17. The van der Waals surface area contributed by atoms with Crippen molar-refractivity contribution in [2.75, 3.05) is 6.61 Å². The van der Waals surface area contributed by atoms with Crippen LogP contribution in [-0.2, 0) is 0 Å². The summed E-state index contributed by atoms with van der Waals surface area (Å²) in [6, 6.07) is 1.14. The summed E-state index contributed by atoms with van der Waals surface area (Å²) in [5, 5.41) is 9.31. The standard InChI is InChI=1S/C7H8Cl2N2O/c8-5-1-4(6(10)3-12)2-11-7(5)9/h1-2,6,12H,3,10H2/t6-/m1/s1. The molecule has 5 heteroatoms. The molecular formula is C7H8Cl2N2O. The Balaban J connectivity index is 2.96. The molecule has 0 radical (unpaired) electrons. The summed E-state index contributed by atoms with van der Waals surface area (Å²) < 4.78 is 0. The van der Waals surface area contributed by atoms with Crippen molar-refractivity contribution in [3.63, 3.8) is 0 Å². The molecule has 0 bridgehead atoms. The molecule has 0 spiro atoms. The summed E-state index contributed by atoms with van der Waals surface area (Å²) >= 11 is 11.3. The molecule has 0 fully saturated rings. The maximum Gasteiger partial charge on any atom is 0.147 e. The molecule has 0 aliphatic heterocycles. The van der Waals surface area contributed by atoms with Gasteiger partial charge in [0.2, 0.25) is 0 Å². The van der Waals surface area contributed by atoms with E-state index in [1.54, 1.807) is 6.07 Å². The number of rotatable bonds is 2. The minimum Gasteiger partial charge on any atom is -0.394 e. The summed E-state index contributed by atoms with van der Waals surface area (Å²) in [4.78, 5) is 3.79. The van der Waals surface area contributed by atoms with Crippen molar-refractivity contribution in [1.29, 1.82) is 0 Å². The topological polar surface area (TPSA) is 59.1 Å². The van der Waals surface area contributed by atoms with E-state index in [1.165, 1.54) is 6.20 Å². The quantitative estimate of drug-likeness (QED) is 0.720. The van der Waals surface area contributed by atoms with Gasteiger partial charge in [-0.3, -0.25) is 0 Å². The number of pyridine rings is 1. The lowest BCUT2D eigenvalue weighted by atomic mass is 10.1. The van der Waals surface area contributed by atoms with E-state index in [2.05, 4.69) is 4.98 Å². The molecule has 1 heterocycles. The van der Waals surface area contributed by atoms with Crippen molar-refractivity contribution in [1.82, 2.24) is 4.98 Å². The van der Waals surface area contributed by atoms with Crippen LogP contribution in [0.3, 0.4) is 0 Å². The molecule has 1 aromatic heterocycles. The van der Waals surface area contributed by atoms with Crippen LogP contribution in [0.1, 0.15) is 11.6 Å². The lowest BCUT2D eigenvalue weighted by molar-refractivity contribution is 0.268. The van der Waals surface area contributed by atoms with Gasteiger partial charge in [0, 0.05) is 6.20 Å². The van der Waals surface area contributed by atoms with Gasteiger partial charge in [-0.05, 0) is 11.6 Å². The molecule has 0 amide bonds. The third-order valence-electron chi connectivity index (χ3n) is 1.44. The van der Waals surface area contributed by atoms with Gasteiger partial charge in [-0.15, -0.1) is 0 Å². The predicted octanol–water partition coefficient (Wildman–Crippen LogP) is 1.38. The van der Waals surface area contributed by atoms with Crippen LogP contribution in [0, 0.1) is 0 Å². The van der Waals surface area contributed by atoms with Gasteiger partial charge < -0.3 is 10.8 Å². The normalized spacial score (nSPS) is 13.0. The van der Waals surface area contributed by atoms with Crippen molar-refractivity contribution in [2.45, 2.75) is 6.04 Å². The Labute approximate surface area is 80.1 Å². The molecular weight excluding hydrogens is 199 g/mol. The minimum absolute atomic E-state index is 0.139.